The van der Waals surface area contributed by atoms with Crippen LogP contribution in [0.4, 0.5) is 0 Å². The summed E-state index contributed by atoms with van der Waals surface area (Å²) in [4.78, 5) is 0. The van der Waals surface area contributed by atoms with Crippen LogP contribution in [0.2, 0.25) is 0 Å². The van der Waals surface area contributed by atoms with Crippen LogP contribution < -0.4 is 5.32 Å². The smallest absolute Gasteiger partial charge is 0.125 e. The van der Waals surface area contributed by atoms with E-state index in [-0.39, 0.29) is 17.0 Å². The first-order valence-electron chi connectivity index (χ1n) is 4.30. The second-order valence-electron chi connectivity index (χ2n) is 2.79. The van der Waals surface area contributed by atoms with Crippen LogP contribution in [-0.4, -0.2) is 35.4 Å². The van der Waals surface area contributed by atoms with Crippen molar-refractivity contribution in [1.29, 1.82) is 16.2 Å². The lowest BCUT2D eigenvalue weighted by Gasteiger charge is -2.11. The zero-order chi connectivity index (χ0) is 11.1. The quantitative estimate of drug-likeness (QED) is 0.400. The van der Waals surface area contributed by atoms with Crippen LogP contribution in [0.25, 0.3) is 0 Å². The predicted molar refractivity (Wildman–Crippen MR) is 57.7 cm³/mol. The maximum Gasteiger partial charge on any atom is 0.125 e. The highest BCUT2D eigenvalue weighted by Gasteiger charge is 2.15. The summed E-state index contributed by atoms with van der Waals surface area (Å²) in [5, 5.41) is 34.0. The van der Waals surface area contributed by atoms with Crippen molar-refractivity contribution in [2.75, 3.05) is 6.54 Å². The van der Waals surface area contributed by atoms with Gasteiger partial charge in [-0.2, -0.15) is 0 Å². The SMILES string of the molecule is CCN/C=C(\C=N)C(O)C(=N)C(C)=N. The number of aliphatic hydroxyl groups excluding tert-OH is 1. The second-order valence-corrected chi connectivity index (χ2v) is 2.79. The fourth-order valence-corrected chi connectivity index (χ4v) is 0.791. The summed E-state index contributed by atoms with van der Waals surface area (Å²) in [6.07, 6.45) is 1.27. The lowest BCUT2D eigenvalue weighted by molar-refractivity contribution is 0.283. The monoisotopic (exact) mass is 196 g/mol. The molecule has 0 aliphatic rings. The molecule has 0 heterocycles. The molecule has 0 radical (unpaired) electrons. The molecule has 5 heteroatoms. The minimum atomic E-state index is -1.19. The molecule has 0 fully saturated rings. The fourth-order valence-electron chi connectivity index (χ4n) is 0.791. The molecule has 0 saturated carbocycles. The maximum absolute atomic E-state index is 9.55. The van der Waals surface area contributed by atoms with Crippen molar-refractivity contribution >= 4 is 17.6 Å². The fraction of sp³-hybridized carbons (Fsp3) is 0.444. The summed E-state index contributed by atoms with van der Waals surface area (Å²) in [6.45, 7) is 4.00. The highest BCUT2D eigenvalue weighted by atomic mass is 16.3. The Morgan fingerprint density at radius 2 is 2.07 bits per heavy atom. The number of hydrogen-bond donors (Lipinski definition) is 5. The van der Waals surface area contributed by atoms with Gasteiger partial charge in [-0.3, -0.25) is 0 Å². The molecule has 0 aliphatic carbocycles. The van der Waals surface area contributed by atoms with E-state index in [9.17, 15) is 5.11 Å². The largest absolute Gasteiger partial charge is 0.391 e. The van der Waals surface area contributed by atoms with E-state index in [0.29, 0.717) is 6.54 Å². The molecule has 14 heavy (non-hydrogen) atoms. The first-order chi connectivity index (χ1) is 6.54. The Morgan fingerprint density at radius 1 is 1.50 bits per heavy atom. The van der Waals surface area contributed by atoms with Crippen LogP contribution >= 0.6 is 0 Å². The van der Waals surface area contributed by atoms with Gasteiger partial charge in [0.1, 0.15) is 6.10 Å². The third-order valence-corrected chi connectivity index (χ3v) is 1.63. The van der Waals surface area contributed by atoms with Crippen molar-refractivity contribution < 1.29 is 5.11 Å². The molecule has 0 bridgehead atoms. The van der Waals surface area contributed by atoms with Gasteiger partial charge in [-0.15, -0.1) is 0 Å². The molecule has 0 aromatic carbocycles. The van der Waals surface area contributed by atoms with Gasteiger partial charge in [0.05, 0.1) is 11.4 Å². The third kappa shape index (κ3) is 3.49. The molecular formula is C9H16N4O. The van der Waals surface area contributed by atoms with E-state index in [0.717, 1.165) is 6.21 Å². The van der Waals surface area contributed by atoms with Gasteiger partial charge in [0.25, 0.3) is 0 Å². The van der Waals surface area contributed by atoms with Crippen LogP contribution in [0.15, 0.2) is 11.8 Å². The Kier molecular flexibility index (Phi) is 5.40. The maximum atomic E-state index is 9.55. The van der Waals surface area contributed by atoms with Crippen LogP contribution in [-0.2, 0) is 0 Å². The molecule has 0 rings (SSSR count). The van der Waals surface area contributed by atoms with E-state index in [4.69, 9.17) is 16.2 Å². The van der Waals surface area contributed by atoms with Crippen molar-refractivity contribution in [3.05, 3.63) is 11.8 Å². The van der Waals surface area contributed by atoms with Gasteiger partial charge >= 0.3 is 0 Å². The first kappa shape index (κ1) is 12.5. The van der Waals surface area contributed by atoms with E-state index in [1.54, 1.807) is 0 Å². The summed E-state index contributed by atoms with van der Waals surface area (Å²) in [5.41, 5.74) is 0.0999. The summed E-state index contributed by atoms with van der Waals surface area (Å²) >= 11 is 0. The molecule has 1 unspecified atom stereocenters. The van der Waals surface area contributed by atoms with Gasteiger partial charge in [-0.1, -0.05) is 0 Å². The molecule has 0 aromatic heterocycles. The van der Waals surface area contributed by atoms with E-state index in [1.165, 1.54) is 13.1 Å². The van der Waals surface area contributed by atoms with Gasteiger partial charge < -0.3 is 26.7 Å². The molecular weight excluding hydrogens is 180 g/mol. The average Bonchev–Trinajstić information content (AvgIpc) is 2.17. The van der Waals surface area contributed by atoms with Gasteiger partial charge in [-0.05, 0) is 13.8 Å². The molecule has 0 spiro atoms. The highest BCUT2D eigenvalue weighted by Crippen LogP contribution is 2.00. The summed E-state index contributed by atoms with van der Waals surface area (Å²) in [6, 6.07) is 0. The standard InChI is InChI=1S/C9H16N4O/c1-3-13-5-7(4-10)9(14)8(12)6(2)11/h4-5,9-14H,3H2,1-2H3/b7-5+,10-4?,11-6?,12-8?. The van der Waals surface area contributed by atoms with E-state index in [2.05, 4.69) is 5.32 Å². The predicted octanol–water partition coefficient (Wildman–Crippen LogP) is 0.550. The van der Waals surface area contributed by atoms with Crippen molar-refractivity contribution in [2.24, 2.45) is 0 Å². The van der Waals surface area contributed by atoms with Crippen LogP contribution in [0.3, 0.4) is 0 Å². The second kappa shape index (κ2) is 6.04. The lowest BCUT2D eigenvalue weighted by atomic mass is 10.0. The van der Waals surface area contributed by atoms with Crippen LogP contribution in [0.5, 0.6) is 0 Å². The minimum Gasteiger partial charge on any atom is -0.391 e. The normalized spacial score (nSPS) is 13.2. The summed E-state index contributed by atoms with van der Waals surface area (Å²) < 4.78 is 0. The van der Waals surface area contributed by atoms with Crippen molar-refractivity contribution in [3.8, 4) is 0 Å². The van der Waals surface area contributed by atoms with Gasteiger partial charge in [0.2, 0.25) is 0 Å². The Morgan fingerprint density at radius 3 is 2.43 bits per heavy atom. The Labute approximate surface area is 83.4 Å². The molecule has 5 N–H and O–H groups in total. The lowest BCUT2D eigenvalue weighted by Crippen LogP contribution is -2.29. The Bertz CT molecular complexity index is 270. The molecule has 5 nitrogen and oxygen atoms in total. The van der Waals surface area contributed by atoms with E-state index < -0.39 is 6.10 Å². The summed E-state index contributed by atoms with van der Waals surface area (Å²) in [7, 11) is 0. The van der Waals surface area contributed by atoms with Crippen molar-refractivity contribution in [3.63, 3.8) is 0 Å². The van der Waals surface area contributed by atoms with Gasteiger partial charge in [0, 0.05) is 24.5 Å². The molecule has 1 atom stereocenters. The first-order valence-corrected chi connectivity index (χ1v) is 4.30. The Hall–Kier alpha value is -1.49. The Balaban J connectivity index is 4.61. The number of nitrogens with one attached hydrogen (secondary N) is 4. The number of hydrogen-bond acceptors (Lipinski definition) is 5. The number of aliphatic hydroxyl groups is 1. The van der Waals surface area contributed by atoms with Gasteiger partial charge in [0.15, 0.2) is 0 Å². The topological polar surface area (TPSA) is 104 Å². The average molecular weight is 196 g/mol. The van der Waals surface area contributed by atoms with Crippen molar-refractivity contribution in [2.45, 2.75) is 20.0 Å². The molecule has 78 valence electrons. The molecule has 0 saturated heterocycles. The van der Waals surface area contributed by atoms with E-state index in [1.807, 2.05) is 6.92 Å². The molecule has 0 amide bonds. The van der Waals surface area contributed by atoms with Crippen LogP contribution in [0.1, 0.15) is 13.8 Å². The zero-order valence-corrected chi connectivity index (χ0v) is 8.39. The van der Waals surface area contributed by atoms with Gasteiger partial charge in [-0.25, -0.2) is 0 Å². The third-order valence-electron chi connectivity index (χ3n) is 1.63. The summed E-state index contributed by atoms with van der Waals surface area (Å²) in [5.74, 6) is 0. The number of rotatable bonds is 6. The highest BCUT2D eigenvalue weighted by molar-refractivity contribution is 6.41. The molecule has 0 aromatic rings. The van der Waals surface area contributed by atoms with E-state index >= 15 is 0 Å². The molecule has 0 aliphatic heterocycles. The zero-order valence-electron chi connectivity index (χ0n) is 8.39. The minimum absolute atomic E-state index is 0.00162. The van der Waals surface area contributed by atoms with Crippen molar-refractivity contribution in [1.82, 2.24) is 5.32 Å². The van der Waals surface area contributed by atoms with Crippen LogP contribution in [0, 0.1) is 16.2 Å².